The Morgan fingerprint density at radius 2 is 1.60 bits per heavy atom. The third-order valence-corrected chi connectivity index (χ3v) is 3.21. The predicted octanol–water partition coefficient (Wildman–Crippen LogP) is 3.51. The van der Waals surface area contributed by atoms with E-state index in [9.17, 15) is 0 Å². The molecule has 0 aliphatic carbocycles. The lowest BCUT2D eigenvalue weighted by Gasteiger charge is -2.13. The van der Waals surface area contributed by atoms with E-state index in [1.807, 2.05) is 23.9 Å². The van der Waals surface area contributed by atoms with Gasteiger partial charge in [0.25, 0.3) is 0 Å². The third-order valence-electron chi connectivity index (χ3n) is 2.04. The highest BCUT2D eigenvalue weighted by Crippen LogP contribution is 2.36. The second-order valence-electron chi connectivity index (χ2n) is 3.64. The number of hydrogen-bond donors (Lipinski definition) is 0. The van der Waals surface area contributed by atoms with Crippen molar-refractivity contribution < 1.29 is 9.47 Å². The van der Waals surface area contributed by atoms with Crippen LogP contribution >= 0.6 is 11.8 Å². The molecule has 0 fully saturated rings. The number of aryl methyl sites for hydroxylation is 1. The zero-order chi connectivity index (χ0) is 11.4. The Hall–Kier alpha value is -0.830. The molecule has 0 aliphatic rings. The SMILES string of the molecule is COc1cc(C)c(SC(C)C)cc1OC. The van der Waals surface area contributed by atoms with Crippen molar-refractivity contribution in [1.82, 2.24) is 0 Å². The van der Waals surface area contributed by atoms with Gasteiger partial charge >= 0.3 is 0 Å². The molecule has 0 amide bonds. The van der Waals surface area contributed by atoms with E-state index < -0.39 is 0 Å². The van der Waals surface area contributed by atoms with E-state index in [0.717, 1.165) is 11.5 Å². The van der Waals surface area contributed by atoms with Crippen LogP contribution in [-0.2, 0) is 0 Å². The summed E-state index contributed by atoms with van der Waals surface area (Å²) >= 11 is 1.84. The fraction of sp³-hybridized carbons (Fsp3) is 0.500. The first-order chi connectivity index (χ1) is 7.08. The molecule has 0 bridgehead atoms. The van der Waals surface area contributed by atoms with Crippen molar-refractivity contribution in [3.05, 3.63) is 17.7 Å². The van der Waals surface area contributed by atoms with Gasteiger partial charge in [0.1, 0.15) is 0 Å². The molecule has 84 valence electrons. The van der Waals surface area contributed by atoms with Crippen molar-refractivity contribution in [1.29, 1.82) is 0 Å². The highest BCUT2D eigenvalue weighted by atomic mass is 32.2. The van der Waals surface area contributed by atoms with Crippen LogP contribution in [0.3, 0.4) is 0 Å². The number of hydrogen-bond acceptors (Lipinski definition) is 3. The van der Waals surface area contributed by atoms with Gasteiger partial charge in [0.15, 0.2) is 11.5 Å². The summed E-state index contributed by atoms with van der Waals surface area (Å²) in [5, 5.41) is 0.571. The monoisotopic (exact) mass is 226 g/mol. The zero-order valence-corrected chi connectivity index (χ0v) is 10.8. The Morgan fingerprint density at radius 3 is 2.07 bits per heavy atom. The minimum atomic E-state index is 0.571. The van der Waals surface area contributed by atoms with Gasteiger partial charge in [-0.05, 0) is 24.6 Å². The van der Waals surface area contributed by atoms with Gasteiger partial charge < -0.3 is 9.47 Å². The summed E-state index contributed by atoms with van der Waals surface area (Å²) in [7, 11) is 3.32. The Balaban J connectivity index is 3.08. The van der Waals surface area contributed by atoms with E-state index in [1.165, 1.54) is 10.5 Å². The molecule has 3 heteroatoms. The highest BCUT2D eigenvalue weighted by molar-refractivity contribution is 8.00. The summed E-state index contributed by atoms with van der Waals surface area (Å²) in [4.78, 5) is 1.25. The van der Waals surface area contributed by atoms with Crippen molar-refractivity contribution in [2.24, 2.45) is 0 Å². The van der Waals surface area contributed by atoms with Gasteiger partial charge in [-0.1, -0.05) is 13.8 Å². The van der Waals surface area contributed by atoms with Crippen LogP contribution in [0.5, 0.6) is 11.5 Å². The average Bonchev–Trinajstić information content (AvgIpc) is 2.19. The number of ether oxygens (including phenoxy) is 2. The molecular formula is C12H18O2S. The number of thioether (sulfide) groups is 1. The standard InChI is InChI=1S/C12H18O2S/c1-8(2)15-12-7-11(14-5)10(13-4)6-9(12)3/h6-8H,1-5H3. The first-order valence-corrected chi connectivity index (χ1v) is 5.85. The molecule has 0 radical (unpaired) electrons. The molecule has 0 N–H and O–H groups in total. The zero-order valence-electron chi connectivity index (χ0n) is 9.96. The van der Waals surface area contributed by atoms with E-state index in [4.69, 9.17) is 9.47 Å². The van der Waals surface area contributed by atoms with E-state index in [1.54, 1.807) is 14.2 Å². The molecule has 2 nitrogen and oxygen atoms in total. The largest absolute Gasteiger partial charge is 0.493 e. The van der Waals surface area contributed by atoms with Crippen LogP contribution in [0, 0.1) is 6.92 Å². The number of methoxy groups -OCH3 is 2. The number of benzene rings is 1. The first kappa shape index (κ1) is 12.2. The Kier molecular flexibility index (Phi) is 4.33. The van der Waals surface area contributed by atoms with Crippen molar-refractivity contribution >= 4 is 11.8 Å². The fourth-order valence-electron chi connectivity index (χ4n) is 1.34. The average molecular weight is 226 g/mol. The normalized spacial score (nSPS) is 10.5. The van der Waals surface area contributed by atoms with Crippen LogP contribution in [0.1, 0.15) is 19.4 Å². The van der Waals surface area contributed by atoms with Gasteiger partial charge in [-0.25, -0.2) is 0 Å². The van der Waals surface area contributed by atoms with Crippen molar-refractivity contribution in [3.63, 3.8) is 0 Å². The summed E-state index contributed by atoms with van der Waals surface area (Å²) in [6.07, 6.45) is 0. The van der Waals surface area contributed by atoms with Crippen molar-refractivity contribution in [2.45, 2.75) is 30.9 Å². The topological polar surface area (TPSA) is 18.5 Å². The molecule has 0 spiro atoms. The Morgan fingerprint density at radius 1 is 1.07 bits per heavy atom. The molecule has 0 unspecified atom stereocenters. The Labute approximate surface area is 96.0 Å². The van der Waals surface area contributed by atoms with Crippen LogP contribution in [-0.4, -0.2) is 19.5 Å². The minimum Gasteiger partial charge on any atom is -0.493 e. The second-order valence-corrected chi connectivity index (χ2v) is 5.26. The van der Waals surface area contributed by atoms with Crippen LogP contribution < -0.4 is 9.47 Å². The summed E-state index contributed by atoms with van der Waals surface area (Å²) in [5.41, 5.74) is 1.23. The molecule has 15 heavy (non-hydrogen) atoms. The maximum Gasteiger partial charge on any atom is 0.161 e. The van der Waals surface area contributed by atoms with Crippen LogP contribution in [0.2, 0.25) is 0 Å². The Bertz CT molecular complexity index is 335. The molecule has 0 atom stereocenters. The minimum absolute atomic E-state index is 0.571. The van der Waals surface area contributed by atoms with Crippen molar-refractivity contribution in [3.8, 4) is 11.5 Å². The maximum absolute atomic E-state index is 5.28. The summed E-state index contributed by atoms with van der Waals surface area (Å²) in [6, 6.07) is 4.06. The van der Waals surface area contributed by atoms with Gasteiger partial charge in [0, 0.05) is 10.1 Å². The smallest absolute Gasteiger partial charge is 0.161 e. The van der Waals surface area contributed by atoms with Crippen LogP contribution in [0.4, 0.5) is 0 Å². The molecule has 0 saturated carbocycles. The summed E-state index contributed by atoms with van der Waals surface area (Å²) in [5.74, 6) is 1.59. The predicted molar refractivity (Wildman–Crippen MR) is 65.3 cm³/mol. The van der Waals surface area contributed by atoms with Crippen LogP contribution in [0.25, 0.3) is 0 Å². The molecule has 1 rings (SSSR count). The molecule has 0 heterocycles. The van der Waals surface area contributed by atoms with E-state index in [-0.39, 0.29) is 0 Å². The molecular weight excluding hydrogens is 208 g/mol. The maximum atomic E-state index is 5.28. The van der Waals surface area contributed by atoms with Crippen molar-refractivity contribution in [2.75, 3.05) is 14.2 Å². The summed E-state index contributed by atoms with van der Waals surface area (Å²) < 4.78 is 10.5. The lowest BCUT2D eigenvalue weighted by atomic mass is 10.2. The fourth-order valence-corrected chi connectivity index (χ4v) is 2.27. The van der Waals surface area contributed by atoms with Gasteiger partial charge in [-0.3, -0.25) is 0 Å². The van der Waals surface area contributed by atoms with E-state index in [0.29, 0.717) is 5.25 Å². The second kappa shape index (κ2) is 5.31. The number of rotatable bonds is 4. The lowest BCUT2D eigenvalue weighted by Crippen LogP contribution is -1.94. The van der Waals surface area contributed by atoms with Gasteiger partial charge in [0.2, 0.25) is 0 Å². The summed E-state index contributed by atoms with van der Waals surface area (Å²) in [6.45, 7) is 6.45. The third kappa shape index (κ3) is 3.06. The van der Waals surface area contributed by atoms with E-state index in [2.05, 4.69) is 20.8 Å². The molecule has 0 saturated heterocycles. The molecule has 0 aliphatic heterocycles. The van der Waals surface area contributed by atoms with Crippen LogP contribution in [0.15, 0.2) is 17.0 Å². The van der Waals surface area contributed by atoms with E-state index >= 15 is 0 Å². The molecule has 0 aromatic heterocycles. The first-order valence-electron chi connectivity index (χ1n) is 4.97. The van der Waals surface area contributed by atoms with Gasteiger partial charge in [-0.2, -0.15) is 0 Å². The quantitative estimate of drug-likeness (QED) is 0.732. The molecule has 1 aromatic rings. The van der Waals surface area contributed by atoms with Gasteiger partial charge in [-0.15, -0.1) is 11.8 Å². The highest BCUT2D eigenvalue weighted by Gasteiger charge is 2.09. The van der Waals surface area contributed by atoms with Gasteiger partial charge in [0.05, 0.1) is 14.2 Å². The molecule has 1 aromatic carbocycles. The lowest BCUT2D eigenvalue weighted by molar-refractivity contribution is 0.353.